The molecule has 0 aliphatic rings. The van der Waals surface area contributed by atoms with E-state index in [4.69, 9.17) is 0 Å². The number of rotatable bonds is 3. The largest absolute Gasteiger partial charge is 0.326 e. The highest BCUT2D eigenvalue weighted by atomic mass is 127. The van der Waals surface area contributed by atoms with Crippen LogP contribution in [0.3, 0.4) is 0 Å². The van der Waals surface area contributed by atoms with Crippen molar-refractivity contribution in [3.05, 3.63) is 75.6 Å². The van der Waals surface area contributed by atoms with Crippen molar-refractivity contribution in [3.8, 4) is 17.5 Å². The Kier molecular flexibility index (Phi) is 4.02. The quantitative estimate of drug-likeness (QED) is 0.638. The Morgan fingerprint density at radius 2 is 1.86 bits per heavy atom. The third-order valence-electron chi connectivity index (χ3n) is 3.31. The van der Waals surface area contributed by atoms with Gasteiger partial charge in [-0.15, -0.1) is 0 Å². The summed E-state index contributed by atoms with van der Waals surface area (Å²) in [6, 6.07) is 18.1. The summed E-state index contributed by atoms with van der Waals surface area (Å²) >= 11 is 2.32. The highest BCUT2D eigenvalue weighted by Gasteiger charge is 2.10. The summed E-state index contributed by atoms with van der Waals surface area (Å²) in [4.78, 5) is 4.47. The predicted octanol–water partition coefficient (Wildman–Crippen LogP) is 4.07. The van der Waals surface area contributed by atoms with E-state index in [9.17, 15) is 5.26 Å². The molecule has 0 N–H and O–H groups in total. The standard InChI is InChI=1S/C17H12IN3/c18-16-8-4-3-7-15(16)17-20-9-10-21(17)12-14-6-2-1-5-13(14)11-19/h1-10H,12H2. The summed E-state index contributed by atoms with van der Waals surface area (Å²) in [5, 5.41) is 9.20. The molecule has 0 unspecified atom stereocenters. The maximum atomic E-state index is 9.20. The zero-order valence-corrected chi connectivity index (χ0v) is 13.4. The first-order valence-corrected chi connectivity index (χ1v) is 7.61. The molecule has 0 bridgehead atoms. The van der Waals surface area contributed by atoms with Gasteiger partial charge in [-0.2, -0.15) is 5.26 Å². The van der Waals surface area contributed by atoms with Crippen molar-refractivity contribution < 1.29 is 0 Å². The fraction of sp³-hybridized carbons (Fsp3) is 0.0588. The molecule has 0 spiro atoms. The second kappa shape index (κ2) is 6.10. The van der Waals surface area contributed by atoms with Gasteiger partial charge in [-0.1, -0.05) is 36.4 Å². The fourth-order valence-corrected chi connectivity index (χ4v) is 2.90. The van der Waals surface area contributed by atoms with Crippen molar-refractivity contribution in [1.29, 1.82) is 5.26 Å². The molecule has 4 heteroatoms. The first-order chi connectivity index (χ1) is 10.3. The third-order valence-corrected chi connectivity index (χ3v) is 4.25. The van der Waals surface area contributed by atoms with Crippen molar-refractivity contribution in [1.82, 2.24) is 9.55 Å². The van der Waals surface area contributed by atoms with E-state index in [0.717, 1.165) is 20.5 Å². The van der Waals surface area contributed by atoms with Gasteiger partial charge in [0.05, 0.1) is 18.2 Å². The molecular weight excluding hydrogens is 373 g/mol. The molecular formula is C17H12IN3. The number of hydrogen-bond donors (Lipinski definition) is 0. The zero-order chi connectivity index (χ0) is 14.7. The number of aromatic nitrogens is 2. The zero-order valence-electron chi connectivity index (χ0n) is 11.2. The van der Waals surface area contributed by atoms with E-state index in [0.29, 0.717) is 12.1 Å². The molecule has 1 aromatic heterocycles. The van der Waals surface area contributed by atoms with Crippen LogP contribution in [-0.2, 0) is 6.54 Å². The lowest BCUT2D eigenvalue weighted by Crippen LogP contribution is -2.03. The molecule has 0 aliphatic carbocycles. The van der Waals surface area contributed by atoms with Crippen LogP contribution in [0.25, 0.3) is 11.4 Å². The summed E-state index contributed by atoms with van der Waals surface area (Å²) in [6.07, 6.45) is 3.75. The molecule has 2 aromatic carbocycles. The second-order valence-electron chi connectivity index (χ2n) is 4.63. The van der Waals surface area contributed by atoms with Gasteiger partial charge in [-0.3, -0.25) is 0 Å². The number of imidazole rings is 1. The van der Waals surface area contributed by atoms with E-state index in [1.807, 2.05) is 42.6 Å². The SMILES string of the molecule is N#Cc1ccccc1Cn1ccnc1-c1ccccc1I. The van der Waals surface area contributed by atoms with E-state index in [-0.39, 0.29) is 0 Å². The van der Waals surface area contributed by atoms with Crippen molar-refractivity contribution in [2.75, 3.05) is 0 Å². The monoisotopic (exact) mass is 385 g/mol. The Morgan fingerprint density at radius 1 is 1.10 bits per heavy atom. The molecule has 3 aromatic rings. The van der Waals surface area contributed by atoms with Crippen LogP contribution in [0.1, 0.15) is 11.1 Å². The number of hydrogen-bond acceptors (Lipinski definition) is 2. The predicted molar refractivity (Wildman–Crippen MR) is 90.6 cm³/mol. The lowest BCUT2D eigenvalue weighted by atomic mass is 10.1. The summed E-state index contributed by atoms with van der Waals surface area (Å²) in [6.45, 7) is 0.643. The Bertz CT molecular complexity index is 815. The van der Waals surface area contributed by atoms with E-state index in [1.165, 1.54) is 0 Å². The fourth-order valence-electron chi connectivity index (χ4n) is 2.27. The van der Waals surface area contributed by atoms with Crippen LogP contribution in [0, 0.1) is 14.9 Å². The Hall–Kier alpha value is -2.13. The van der Waals surface area contributed by atoms with Gasteiger partial charge in [0.25, 0.3) is 0 Å². The summed E-state index contributed by atoms with van der Waals surface area (Å²) in [5.74, 6) is 0.924. The van der Waals surface area contributed by atoms with Crippen molar-refractivity contribution in [2.45, 2.75) is 6.54 Å². The van der Waals surface area contributed by atoms with Crippen LogP contribution in [0.4, 0.5) is 0 Å². The number of benzene rings is 2. The van der Waals surface area contributed by atoms with Gasteiger partial charge in [-0.25, -0.2) is 4.98 Å². The molecule has 0 aliphatic heterocycles. The van der Waals surface area contributed by atoms with Crippen LogP contribution in [0.2, 0.25) is 0 Å². The number of halogens is 1. The maximum absolute atomic E-state index is 9.20. The van der Waals surface area contributed by atoms with Crippen molar-refractivity contribution in [3.63, 3.8) is 0 Å². The molecule has 102 valence electrons. The van der Waals surface area contributed by atoms with E-state index in [2.05, 4.69) is 50.3 Å². The van der Waals surface area contributed by atoms with Gasteiger partial charge in [0.15, 0.2) is 0 Å². The molecule has 0 atom stereocenters. The Morgan fingerprint density at radius 3 is 2.67 bits per heavy atom. The van der Waals surface area contributed by atoms with Gasteiger partial charge in [-0.05, 0) is 40.3 Å². The van der Waals surface area contributed by atoms with Gasteiger partial charge >= 0.3 is 0 Å². The van der Waals surface area contributed by atoms with Crippen molar-refractivity contribution >= 4 is 22.6 Å². The number of nitrogens with zero attached hydrogens (tertiary/aromatic N) is 3. The van der Waals surface area contributed by atoms with Gasteiger partial charge in [0, 0.05) is 21.5 Å². The van der Waals surface area contributed by atoms with Crippen molar-refractivity contribution in [2.24, 2.45) is 0 Å². The molecule has 0 saturated carbocycles. The minimum atomic E-state index is 0.643. The van der Waals surface area contributed by atoms with E-state index < -0.39 is 0 Å². The average molecular weight is 385 g/mol. The topological polar surface area (TPSA) is 41.6 Å². The Balaban J connectivity index is 2.01. The maximum Gasteiger partial charge on any atom is 0.141 e. The average Bonchev–Trinajstić information content (AvgIpc) is 2.96. The lowest BCUT2D eigenvalue weighted by molar-refractivity contribution is 0.804. The number of nitriles is 1. The van der Waals surface area contributed by atoms with E-state index >= 15 is 0 Å². The van der Waals surface area contributed by atoms with Crippen LogP contribution >= 0.6 is 22.6 Å². The van der Waals surface area contributed by atoms with Crippen LogP contribution in [-0.4, -0.2) is 9.55 Å². The highest BCUT2D eigenvalue weighted by Crippen LogP contribution is 2.24. The second-order valence-corrected chi connectivity index (χ2v) is 5.79. The third kappa shape index (κ3) is 2.83. The molecule has 1 heterocycles. The molecule has 0 amide bonds. The summed E-state index contributed by atoms with van der Waals surface area (Å²) in [5.41, 5.74) is 2.82. The lowest BCUT2D eigenvalue weighted by Gasteiger charge is -2.10. The first kappa shape index (κ1) is 13.8. The van der Waals surface area contributed by atoms with Gasteiger partial charge < -0.3 is 4.57 Å². The molecule has 3 nitrogen and oxygen atoms in total. The highest BCUT2D eigenvalue weighted by molar-refractivity contribution is 14.1. The minimum Gasteiger partial charge on any atom is -0.326 e. The van der Waals surface area contributed by atoms with Gasteiger partial charge in [0.2, 0.25) is 0 Å². The first-order valence-electron chi connectivity index (χ1n) is 6.53. The van der Waals surface area contributed by atoms with Crippen LogP contribution in [0.15, 0.2) is 60.9 Å². The summed E-state index contributed by atoms with van der Waals surface area (Å²) < 4.78 is 3.24. The molecule has 21 heavy (non-hydrogen) atoms. The van der Waals surface area contributed by atoms with Crippen LogP contribution < -0.4 is 0 Å². The normalized spacial score (nSPS) is 10.3. The Labute approximate surface area is 137 Å². The van der Waals surface area contributed by atoms with E-state index in [1.54, 1.807) is 6.20 Å². The molecule has 0 fully saturated rings. The van der Waals surface area contributed by atoms with Gasteiger partial charge in [0.1, 0.15) is 5.82 Å². The molecule has 3 rings (SSSR count). The smallest absolute Gasteiger partial charge is 0.141 e. The molecule has 0 radical (unpaired) electrons. The summed E-state index contributed by atoms with van der Waals surface area (Å²) in [7, 11) is 0. The van der Waals surface area contributed by atoms with Crippen LogP contribution in [0.5, 0.6) is 0 Å². The minimum absolute atomic E-state index is 0.643. The molecule has 0 saturated heterocycles.